The van der Waals surface area contributed by atoms with Crippen LogP contribution in [0.5, 0.6) is 0 Å². The first-order valence-electron chi connectivity index (χ1n) is 10.8. The Balaban J connectivity index is 1.39. The molecule has 1 aliphatic heterocycles. The SMILES string of the molecule is CCC(=O)N1c2ccc(S(=O)(=O)CCC(=O)Nc3ccc(-c4ccno4)cc3)cc2CC1C. The molecule has 3 aromatic rings. The minimum atomic E-state index is -3.65. The largest absolute Gasteiger partial charge is 0.356 e. The molecule has 1 unspecified atom stereocenters. The van der Waals surface area contributed by atoms with Gasteiger partial charge >= 0.3 is 0 Å². The van der Waals surface area contributed by atoms with E-state index in [0.717, 1.165) is 16.8 Å². The summed E-state index contributed by atoms with van der Waals surface area (Å²) >= 11 is 0. The lowest BCUT2D eigenvalue weighted by molar-refractivity contribution is -0.118. The fourth-order valence-corrected chi connectivity index (χ4v) is 5.29. The van der Waals surface area contributed by atoms with E-state index in [-0.39, 0.29) is 34.9 Å². The molecule has 4 rings (SSSR count). The van der Waals surface area contributed by atoms with Crippen molar-refractivity contribution >= 4 is 33.0 Å². The highest BCUT2D eigenvalue weighted by Gasteiger charge is 2.31. The number of hydrogen-bond acceptors (Lipinski definition) is 6. The molecule has 2 heterocycles. The molecule has 0 bridgehead atoms. The first-order valence-corrected chi connectivity index (χ1v) is 12.4. The van der Waals surface area contributed by atoms with Gasteiger partial charge in [0.25, 0.3) is 0 Å². The monoisotopic (exact) mass is 467 g/mol. The number of benzene rings is 2. The van der Waals surface area contributed by atoms with E-state index in [1.165, 1.54) is 6.07 Å². The van der Waals surface area contributed by atoms with Gasteiger partial charge in [-0.05, 0) is 61.4 Å². The molecule has 0 aliphatic carbocycles. The number of anilines is 2. The van der Waals surface area contributed by atoms with Crippen LogP contribution in [0, 0.1) is 0 Å². The van der Waals surface area contributed by atoms with Crippen LogP contribution in [-0.4, -0.2) is 37.2 Å². The summed E-state index contributed by atoms with van der Waals surface area (Å²) < 4.78 is 30.8. The summed E-state index contributed by atoms with van der Waals surface area (Å²) in [6.07, 6.45) is 2.38. The third-order valence-corrected chi connectivity index (χ3v) is 7.40. The lowest BCUT2D eigenvalue weighted by atomic mass is 10.1. The number of nitrogens with zero attached hydrogens (tertiary/aromatic N) is 2. The van der Waals surface area contributed by atoms with E-state index in [1.807, 2.05) is 13.8 Å². The van der Waals surface area contributed by atoms with Crippen molar-refractivity contribution in [3.8, 4) is 11.3 Å². The third-order valence-electron chi connectivity index (χ3n) is 5.69. The van der Waals surface area contributed by atoms with Gasteiger partial charge in [-0.25, -0.2) is 8.42 Å². The lowest BCUT2D eigenvalue weighted by Crippen LogP contribution is -2.35. The maximum atomic E-state index is 12.8. The molecule has 172 valence electrons. The van der Waals surface area contributed by atoms with E-state index >= 15 is 0 Å². The van der Waals surface area contributed by atoms with Crippen LogP contribution < -0.4 is 10.2 Å². The average molecular weight is 468 g/mol. The van der Waals surface area contributed by atoms with Crippen molar-refractivity contribution in [2.45, 2.75) is 44.0 Å². The standard InChI is InChI=1S/C24H25N3O5S/c1-3-24(29)27-16(2)14-18-15-20(8-9-21(18)27)33(30,31)13-11-23(28)26-19-6-4-17(5-7-19)22-10-12-25-32-22/h4-10,12,15-16H,3,11,13-14H2,1-2H3,(H,26,28). The molecule has 1 atom stereocenters. The molecule has 8 nitrogen and oxygen atoms in total. The van der Waals surface area contributed by atoms with Crippen LogP contribution in [0.25, 0.3) is 11.3 Å². The highest BCUT2D eigenvalue weighted by Crippen LogP contribution is 2.34. The number of carbonyl (C=O) groups is 2. The van der Waals surface area contributed by atoms with Crippen LogP contribution in [0.2, 0.25) is 0 Å². The molecule has 0 spiro atoms. The van der Waals surface area contributed by atoms with Gasteiger partial charge in [0.2, 0.25) is 11.8 Å². The molecule has 0 fully saturated rings. The lowest BCUT2D eigenvalue weighted by Gasteiger charge is -2.22. The molecule has 2 amide bonds. The minimum Gasteiger partial charge on any atom is -0.356 e. The number of hydrogen-bond donors (Lipinski definition) is 1. The van der Waals surface area contributed by atoms with E-state index in [9.17, 15) is 18.0 Å². The Hall–Kier alpha value is -3.46. The van der Waals surface area contributed by atoms with Crippen LogP contribution >= 0.6 is 0 Å². The summed E-state index contributed by atoms with van der Waals surface area (Å²) in [6, 6.07) is 13.6. The highest BCUT2D eigenvalue weighted by molar-refractivity contribution is 7.91. The fourth-order valence-electron chi connectivity index (χ4n) is 4.00. The molecule has 0 radical (unpaired) electrons. The molecule has 33 heavy (non-hydrogen) atoms. The Kier molecular flexibility index (Phi) is 6.33. The molecular formula is C24H25N3O5S. The Labute approximate surface area is 192 Å². The Morgan fingerprint density at radius 2 is 1.91 bits per heavy atom. The second-order valence-corrected chi connectivity index (χ2v) is 10.1. The predicted octanol–water partition coefficient (Wildman–Crippen LogP) is 3.83. The number of nitrogens with one attached hydrogen (secondary N) is 1. The number of fused-ring (bicyclic) bond motifs is 1. The van der Waals surface area contributed by atoms with Gasteiger partial charge in [-0.1, -0.05) is 12.1 Å². The number of amides is 2. The van der Waals surface area contributed by atoms with Gasteiger partial charge in [-0.3, -0.25) is 9.59 Å². The molecule has 1 N–H and O–H groups in total. The maximum absolute atomic E-state index is 12.8. The van der Waals surface area contributed by atoms with Crippen LogP contribution in [0.4, 0.5) is 11.4 Å². The van der Waals surface area contributed by atoms with Crippen LogP contribution in [-0.2, 0) is 25.8 Å². The van der Waals surface area contributed by atoms with Crippen molar-refractivity contribution in [1.82, 2.24) is 5.16 Å². The minimum absolute atomic E-state index is 0.00776. The normalized spacial score (nSPS) is 15.3. The van der Waals surface area contributed by atoms with E-state index in [2.05, 4.69) is 10.5 Å². The van der Waals surface area contributed by atoms with Crippen LogP contribution in [0.15, 0.2) is 64.1 Å². The zero-order valence-electron chi connectivity index (χ0n) is 18.4. The van der Waals surface area contributed by atoms with Gasteiger partial charge in [0.05, 0.1) is 16.8 Å². The number of aromatic nitrogens is 1. The van der Waals surface area contributed by atoms with E-state index in [1.54, 1.807) is 53.6 Å². The Morgan fingerprint density at radius 3 is 2.58 bits per heavy atom. The predicted molar refractivity (Wildman–Crippen MR) is 125 cm³/mol. The smallest absolute Gasteiger partial charge is 0.226 e. The van der Waals surface area contributed by atoms with Crippen molar-refractivity contribution in [3.05, 3.63) is 60.3 Å². The highest BCUT2D eigenvalue weighted by atomic mass is 32.2. The quantitative estimate of drug-likeness (QED) is 0.566. The number of rotatable bonds is 7. The van der Waals surface area contributed by atoms with Gasteiger partial charge in [0.1, 0.15) is 0 Å². The number of carbonyl (C=O) groups excluding carboxylic acids is 2. The van der Waals surface area contributed by atoms with Gasteiger partial charge in [0.15, 0.2) is 15.6 Å². The Bertz CT molecular complexity index is 1270. The topological polar surface area (TPSA) is 110 Å². The first kappa shape index (κ1) is 22.7. The molecule has 2 aromatic carbocycles. The molecule has 1 aliphatic rings. The van der Waals surface area contributed by atoms with Gasteiger partial charge in [0, 0.05) is 41.9 Å². The van der Waals surface area contributed by atoms with Crippen molar-refractivity contribution < 1.29 is 22.5 Å². The maximum Gasteiger partial charge on any atom is 0.226 e. The second kappa shape index (κ2) is 9.19. The van der Waals surface area contributed by atoms with E-state index in [4.69, 9.17) is 4.52 Å². The van der Waals surface area contributed by atoms with Crippen LogP contribution in [0.1, 0.15) is 32.3 Å². The first-order chi connectivity index (χ1) is 15.8. The summed E-state index contributed by atoms with van der Waals surface area (Å²) in [5, 5.41) is 6.38. The fraction of sp³-hybridized carbons (Fsp3) is 0.292. The average Bonchev–Trinajstić information content (AvgIpc) is 3.45. The van der Waals surface area contributed by atoms with Gasteiger partial charge < -0.3 is 14.7 Å². The Morgan fingerprint density at radius 1 is 1.15 bits per heavy atom. The summed E-state index contributed by atoms with van der Waals surface area (Å²) in [5.74, 6) is -0.0613. The van der Waals surface area contributed by atoms with E-state index < -0.39 is 9.84 Å². The van der Waals surface area contributed by atoms with E-state index in [0.29, 0.717) is 24.3 Å². The van der Waals surface area contributed by atoms with Crippen molar-refractivity contribution in [1.29, 1.82) is 0 Å². The second-order valence-electron chi connectivity index (χ2n) is 8.03. The number of sulfone groups is 1. The molecule has 1 aromatic heterocycles. The summed E-state index contributed by atoms with van der Waals surface area (Å²) in [4.78, 5) is 26.5. The zero-order valence-corrected chi connectivity index (χ0v) is 19.3. The van der Waals surface area contributed by atoms with Gasteiger partial charge in [-0.15, -0.1) is 0 Å². The zero-order chi connectivity index (χ0) is 23.6. The van der Waals surface area contributed by atoms with Crippen molar-refractivity contribution in [2.75, 3.05) is 16.0 Å². The summed E-state index contributed by atoms with van der Waals surface area (Å²) in [7, 11) is -3.65. The van der Waals surface area contributed by atoms with Crippen molar-refractivity contribution in [3.63, 3.8) is 0 Å². The molecular weight excluding hydrogens is 442 g/mol. The molecule has 0 saturated heterocycles. The van der Waals surface area contributed by atoms with Crippen LogP contribution in [0.3, 0.4) is 0 Å². The van der Waals surface area contributed by atoms with Crippen molar-refractivity contribution in [2.24, 2.45) is 0 Å². The van der Waals surface area contributed by atoms with Gasteiger partial charge in [-0.2, -0.15) is 0 Å². The summed E-state index contributed by atoms with van der Waals surface area (Å²) in [6.45, 7) is 3.76. The molecule has 0 saturated carbocycles. The third kappa shape index (κ3) is 4.83. The summed E-state index contributed by atoms with van der Waals surface area (Å²) in [5.41, 5.74) is 2.98. The molecule has 9 heteroatoms.